The predicted molar refractivity (Wildman–Crippen MR) is 67.9 cm³/mol. The summed E-state index contributed by atoms with van der Waals surface area (Å²) in [6, 6.07) is 4.09. The summed E-state index contributed by atoms with van der Waals surface area (Å²) in [6.07, 6.45) is 0.227. The Bertz CT molecular complexity index is 327. The molecule has 1 N–H and O–H groups in total. The first-order valence-corrected chi connectivity index (χ1v) is 6.45. The second kappa shape index (κ2) is 7.42. The van der Waals surface area contributed by atoms with Gasteiger partial charge in [-0.1, -0.05) is 6.07 Å². The molecule has 17 heavy (non-hydrogen) atoms. The van der Waals surface area contributed by atoms with E-state index >= 15 is 0 Å². The van der Waals surface area contributed by atoms with Crippen molar-refractivity contribution in [3.8, 4) is 0 Å². The number of aliphatic hydroxyl groups excluding tert-OH is 1. The lowest BCUT2D eigenvalue weighted by Gasteiger charge is -2.19. The number of esters is 1. The Kier molecular flexibility index (Phi) is 6.18. The number of hydrogen-bond donors (Lipinski definition) is 1. The summed E-state index contributed by atoms with van der Waals surface area (Å²) >= 11 is 1.70. The van der Waals surface area contributed by atoms with Crippen LogP contribution < -0.4 is 0 Å². The number of carbonyl (C=O) groups excluding carboxylic acids is 1. The summed E-state index contributed by atoms with van der Waals surface area (Å²) < 4.78 is 4.53. The lowest BCUT2D eigenvalue weighted by Crippen LogP contribution is -2.29. The molecule has 5 heteroatoms. The number of nitrogens with zero attached hydrogens (tertiary/aromatic N) is 1. The van der Waals surface area contributed by atoms with E-state index in [4.69, 9.17) is 0 Å². The van der Waals surface area contributed by atoms with Gasteiger partial charge in [0.2, 0.25) is 0 Å². The van der Waals surface area contributed by atoms with Crippen molar-refractivity contribution in [2.24, 2.45) is 0 Å². The highest BCUT2D eigenvalue weighted by Gasteiger charge is 2.11. The monoisotopic (exact) mass is 257 g/mol. The summed E-state index contributed by atoms with van der Waals surface area (Å²) in [7, 11) is 3.32. The van der Waals surface area contributed by atoms with Crippen LogP contribution in [0.3, 0.4) is 0 Å². The second-order valence-corrected chi connectivity index (χ2v) is 5.08. The topological polar surface area (TPSA) is 49.8 Å². The number of methoxy groups -OCH3 is 1. The van der Waals surface area contributed by atoms with Crippen LogP contribution in [0.1, 0.15) is 17.7 Å². The molecule has 1 heterocycles. The first kappa shape index (κ1) is 14.2. The van der Waals surface area contributed by atoms with Crippen molar-refractivity contribution in [2.45, 2.75) is 25.5 Å². The Morgan fingerprint density at radius 3 is 3.00 bits per heavy atom. The van der Waals surface area contributed by atoms with Crippen molar-refractivity contribution in [1.29, 1.82) is 0 Å². The van der Waals surface area contributed by atoms with Gasteiger partial charge in [0.15, 0.2) is 0 Å². The zero-order chi connectivity index (χ0) is 12.7. The molecule has 0 radical (unpaired) electrons. The van der Waals surface area contributed by atoms with Gasteiger partial charge in [0.25, 0.3) is 0 Å². The van der Waals surface area contributed by atoms with Crippen LogP contribution in [0.4, 0.5) is 0 Å². The van der Waals surface area contributed by atoms with Gasteiger partial charge in [-0.2, -0.15) is 0 Å². The number of aliphatic hydroxyl groups is 1. The third-order valence-corrected chi connectivity index (χ3v) is 3.30. The molecule has 0 aliphatic heterocycles. The van der Waals surface area contributed by atoms with E-state index < -0.39 is 6.10 Å². The number of thiophene rings is 1. The normalized spacial score (nSPS) is 12.7. The van der Waals surface area contributed by atoms with E-state index in [1.807, 2.05) is 23.4 Å². The molecule has 1 atom stereocenters. The zero-order valence-corrected chi connectivity index (χ0v) is 11.1. The molecule has 4 nitrogen and oxygen atoms in total. The van der Waals surface area contributed by atoms with Gasteiger partial charge in [-0.05, 0) is 24.9 Å². The van der Waals surface area contributed by atoms with Crippen LogP contribution >= 0.6 is 11.3 Å². The highest BCUT2D eigenvalue weighted by molar-refractivity contribution is 7.09. The Labute approximate surface area is 106 Å². The van der Waals surface area contributed by atoms with Gasteiger partial charge in [-0.3, -0.25) is 9.69 Å². The summed E-state index contributed by atoms with van der Waals surface area (Å²) in [6.45, 7) is 1.39. The van der Waals surface area contributed by atoms with Gasteiger partial charge in [-0.25, -0.2) is 0 Å². The van der Waals surface area contributed by atoms with Gasteiger partial charge in [0.05, 0.1) is 13.2 Å². The Morgan fingerprint density at radius 2 is 2.41 bits per heavy atom. The quantitative estimate of drug-likeness (QED) is 0.752. The van der Waals surface area contributed by atoms with E-state index in [-0.39, 0.29) is 12.4 Å². The second-order valence-electron chi connectivity index (χ2n) is 4.04. The van der Waals surface area contributed by atoms with Crippen LogP contribution in [0.15, 0.2) is 17.5 Å². The molecular weight excluding hydrogens is 238 g/mol. The minimum absolute atomic E-state index is 0.268. The predicted octanol–water partition coefficient (Wildman–Crippen LogP) is 1.49. The van der Waals surface area contributed by atoms with Crippen LogP contribution in [0.5, 0.6) is 0 Å². The van der Waals surface area contributed by atoms with Gasteiger partial charge in [0.1, 0.15) is 0 Å². The fourth-order valence-corrected chi connectivity index (χ4v) is 2.35. The van der Waals surface area contributed by atoms with Crippen molar-refractivity contribution in [1.82, 2.24) is 4.90 Å². The molecule has 0 aliphatic rings. The smallest absolute Gasteiger partial charge is 0.305 e. The summed E-state index contributed by atoms with van der Waals surface area (Å²) in [5.74, 6) is -0.273. The number of likely N-dealkylation sites (N-methyl/N-ethyl adjacent to an activating group) is 1. The van der Waals surface area contributed by atoms with Gasteiger partial charge < -0.3 is 9.84 Å². The van der Waals surface area contributed by atoms with Crippen LogP contribution in [0.2, 0.25) is 0 Å². The van der Waals surface area contributed by atoms with Crippen molar-refractivity contribution in [2.75, 3.05) is 20.7 Å². The highest BCUT2D eigenvalue weighted by Crippen LogP contribution is 2.11. The SMILES string of the molecule is COC(=O)CCC(O)CN(C)Cc1cccs1. The zero-order valence-electron chi connectivity index (χ0n) is 10.3. The van der Waals surface area contributed by atoms with Gasteiger partial charge in [0, 0.05) is 24.4 Å². The summed E-state index contributed by atoms with van der Waals surface area (Å²) in [5, 5.41) is 11.8. The summed E-state index contributed by atoms with van der Waals surface area (Å²) in [4.78, 5) is 14.2. The van der Waals surface area contributed by atoms with Crippen molar-refractivity contribution < 1.29 is 14.6 Å². The molecule has 0 aliphatic carbocycles. The van der Waals surface area contributed by atoms with Crippen LogP contribution in [0.25, 0.3) is 0 Å². The molecule has 1 aromatic rings. The maximum absolute atomic E-state index is 10.9. The third-order valence-electron chi connectivity index (χ3n) is 2.44. The van der Waals surface area contributed by atoms with E-state index in [1.165, 1.54) is 12.0 Å². The molecular formula is C12H19NO3S. The minimum Gasteiger partial charge on any atom is -0.469 e. The van der Waals surface area contributed by atoms with E-state index in [0.29, 0.717) is 13.0 Å². The van der Waals surface area contributed by atoms with Crippen LogP contribution in [-0.2, 0) is 16.1 Å². The lowest BCUT2D eigenvalue weighted by atomic mass is 10.2. The number of hydrogen-bond acceptors (Lipinski definition) is 5. The van der Waals surface area contributed by atoms with E-state index in [1.54, 1.807) is 11.3 Å². The number of ether oxygens (including phenoxy) is 1. The van der Waals surface area contributed by atoms with E-state index in [9.17, 15) is 9.90 Å². The average Bonchev–Trinajstić information content (AvgIpc) is 2.78. The molecule has 96 valence electrons. The van der Waals surface area contributed by atoms with Gasteiger partial charge in [-0.15, -0.1) is 11.3 Å². The maximum Gasteiger partial charge on any atom is 0.305 e. The first-order valence-electron chi connectivity index (χ1n) is 5.57. The summed E-state index contributed by atoms with van der Waals surface area (Å²) in [5.41, 5.74) is 0. The van der Waals surface area contributed by atoms with E-state index in [0.717, 1.165) is 6.54 Å². The van der Waals surface area contributed by atoms with Gasteiger partial charge >= 0.3 is 5.97 Å². The molecule has 0 spiro atoms. The fourth-order valence-electron chi connectivity index (χ4n) is 1.57. The third kappa shape index (κ3) is 5.81. The lowest BCUT2D eigenvalue weighted by molar-refractivity contribution is -0.141. The maximum atomic E-state index is 10.9. The van der Waals surface area contributed by atoms with Crippen molar-refractivity contribution >= 4 is 17.3 Å². The molecule has 1 rings (SSSR count). The molecule has 0 aromatic carbocycles. The van der Waals surface area contributed by atoms with Crippen LogP contribution in [0, 0.1) is 0 Å². The number of rotatable bonds is 7. The Hall–Kier alpha value is -0.910. The highest BCUT2D eigenvalue weighted by atomic mass is 32.1. The molecule has 0 saturated carbocycles. The molecule has 0 saturated heterocycles. The minimum atomic E-state index is -0.487. The van der Waals surface area contributed by atoms with Crippen LogP contribution in [-0.4, -0.2) is 42.8 Å². The first-order chi connectivity index (χ1) is 8.11. The average molecular weight is 257 g/mol. The van der Waals surface area contributed by atoms with Crippen molar-refractivity contribution in [3.63, 3.8) is 0 Å². The molecule has 1 unspecified atom stereocenters. The molecule has 1 aromatic heterocycles. The molecule has 0 fully saturated rings. The Morgan fingerprint density at radius 1 is 1.65 bits per heavy atom. The number of carbonyl (C=O) groups is 1. The largest absolute Gasteiger partial charge is 0.469 e. The Balaban J connectivity index is 2.21. The van der Waals surface area contributed by atoms with E-state index in [2.05, 4.69) is 10.8 Å². The molecule has 0 bridgehead atoms. The molecule has 0 amide bonds. The van der Waals surface area contributed by atoms with Crippen molar-refractivity contribution in [3.05, 3.63) is 22.4 Å². The standard InChI is InChI=1S/C12H19NO3S/c1-13(9-11-4-3-7-17-11)8-10(14)5-6-12(15)16-2/h3-4,7,10,14H,5-6,8-9H2,1-2H3. The fraction of sp³-hybridized carbons (Fsp3) is 0.583.